The Balaban J connectivity index is 1.53. The van der Waals surface area contributed by atoms with E-state index in [1.54, 1.807) is 0 Å². The topological polar surface area (TPSA) is 373 Å². The lowest BCUT2D eigenvalue weighted by Gasteiger charge is -2.50. The Morgan fingerprint density at radius 3 is 1.33 bits per heavy atom. The maximum atomic E-state index is 13.5. The molecule has 3 aliphatic rings. The van der Waals surface area contributed by atoms with E-state index in [4.69, 9.17) is 28.4 Å². The third-order valence-corrected chi connectivity index (χ3v) is 19.3. The third kappa shape index (κ3) is 33.3. The van der Waals surface area contributed by atoms with Crippen molar-refractivity contribution < 1.29 is 104 Å². The van der Waals surface area contributed by atoms with Crippen molar-refractivity contribution in [1.82, 2.24) is 10.6 Å². The average molecular weight is 1350 g/mol. The maximum absolute atomic E-state index is 13.5. The van der Waals surface area contributed by atoms with Crippen molar-refractivity contribution in [2.75, 3.05) is 26.4 Å². The van der Waals surface area contributed by atoms with Gasteiger partial charge in [0.2, 0.25) is 11.8 Å². The van der Waals surface area contributed by atoms with Crippen LogP contribution in [0.3, 0.4) is 0 Å². The molecule has 2 amide bonds. The van der Waals surface area contributed by atoms with E-state index in [2.05, 4.69) is 24.5 Å². The molecule has 14 N–H and O–H groups in total. The fourth-order valence-corrected chi connectivity index (χ4v) is 13.4. The third-order valence-electron chi connectivity index (χ3n) is 19.3. The Morgan fingerprint density at radius 2 is 0.926 bits per heavy atom. The van der Waals surface area contributed by atoms with Gasteiger partial charge in [0.05, 0.1) is 50.7 Å². The average Bonchev–Trinajstić information content (AvgIpc) is 0.759. The molecule has 3 heterocycles. The fourth-order valence-electron chi connectivity index (χ4n) is 13.4. The second kappa shape index (κ2) is 51.8. The molecule has 0 aromatic rings. The van der Waals surface area contributed by atoms with E-state index in [-0.39, 0.29) is 18.9 Å². The van der Waals surface area contributed by atoms with Gasteiger partial charge in [-0.25, -0.2) is 4.79 Å². The highest BCUT2D eigenvalue weighted by atomic mass is 16.8. The van der Waals surface area contributed by atoms with Crippen LogP contribution in [0.2, 0.25) is 0 Å². The fraction of sp³-hybridized carbons (Fsp3) is 0.958. The van der Waals surface area contributed by atoms with Gasteiger partial charge in [0, 0.05) is 19.8 Å². The molecule has 0 aromatic carbocycles. The van der Waals surface area contributed by atoms with E-state index in [0.717, 1.165) is 51.9 Å². The highest BCUT2D eigenvalue weighted by Gasteiger charge is 2.60. The quantitative estimate of drug-likeness (QED) is 0.0256. The van der Waals surface area contributed by atoms with Crippen LogP contribution in [-0.4, -0.2) is 215 Å². The summed E-state index contributed by atoms with van der Waals surface area (Å²) < 4.78 is 34.9. The molecule has 94 heavy (non-hydrogen) atoms. The first-order valence-electron chi connectivity index (χ1n) is 37.4. The van der Waals surface area contributed by atoms with Crippen LogP contribution >= 0.6 is 0 Å². The minimum absolute atomic E-state index is 0.229. The van der Waals surface area contributed by atoms with Crippen molar-refractivity contribution in [2.24, 2.45) is 0 Å². The van der Waals surface area contributed by atoms with Gasteiger partial charge in [0.15, 0.2) is 12.6 Å². The lowest BCUT2D eigenvalue weighted by molar-refractivity contribution is -0.386. The Bertz CT molecular complexity index is 1900. The van der Waals surface area contributed by atoms with Crippen LogP contribution in [0, 0.1) is 0 Å². The molecule has 554 valence electrons. The molecule has 3 saturated heterocycles. The number of amides is 2. The number of aliphatic carboxylic acids is 1. The predicted octanol–water partition coefficient (Wildman–Crippen LogP) is 8.07. The van der Waals surface area contributed by atoms with Gasteiger partial charge in [-0.15, -0.1) is 0 Å². The summed E-state index contributed by atoms with van der Waals surface area (Å²) in [5.74, 6) is -6.09. The minimum atomic E-state index is -3.08. The lowest BCUT2D eigenvalue weighted by Crippen LogP contribution is -2.70. The van der Waals surface area contributed by atoms with Crippen molar-refractivity contribution in [3.63, 3.8) is 0 Å². The van der Waals surface area contributed by atoms with Crippen molar-refractivity contribution in [1.29, 1.82) is 0 Å². The summed E-state index contributed by atoms with van der Waals surface area (Å²) in [7, 11) is 0. The van der Waals surface area contributed by atoms with Crippen LogP contribution in [0.4, 0.5) is 0 Å². The molecule has 3 fully saturated rings. The number of unbranched alkanes of at least 4 members (excludes halogenated alkanes) is 38. The van der Waals surface area contributed by atoms with Gasteiger partial charge in [0.25, 0.3) is 5.79 Å². The summed E-state index contributed by atoms with van der Waals surface area (Å²) in [4.78, 5) is 38.6. The number of carboxylic acids is 1. The molecule has 18 unspecified atom stereocenters. The van der Waals surface area contributed by atoms with Gasteiger partial charge >= 0.3 is 5.97 Å². The summed E-state index contributed by atoms with van der Waals surface area (Å²) in [5.41, 5.74) is 0. The van der Waals surface area contributed by atoms with E-state index in [9.17, 15) is 75.7 Å². The summed E-state index contributed by atoms with van der Waals surface area (Å²) in [6, 6.07) is -2.52. The highest BCUT2D eigenvalue weighted by Crippen LogP contribution is 2.39. The molecular weight excluding hydrogens is 1220 g/mol. The van der Waals surface area contributed by atoms with Crippen LogP contribution in [0.1, 0.15) is 297 Å². The second-order valence-corrected chi connectivity index (χ2v) is 27.5. The normalized spacial score (nSPS) is 27.8. The number of aliphatic hydroxyl groups is 11. The van der Waals surface area contributed by atoms with E-state index in [1.165, 1.54) is 199 Å². The van der Waals surface area contributed by atoms with Gasteiger partial charge in [-0.05, 0) is 12.8 Å². The van der Waals surface area contributed by atoms with E-state index < -0.39 is 148 Å². The van der Waals surface area contributed by atoms with Gasteiger partial charge in [-0.2, -0.15) is 0 Å². The number of carboxylic acid groups (broad SMARTS) is 1. The summed E-state index contributed by atoms with van der Waals surface area (Å²) >= 11 is 0. The summed E-state index contributed by atoms with van der Waals surface area (Å²) in [6.45, 7) is 2.24. The van der Waals surface area contributed by atoms with Crippen LogP contribution in [0.15, 0.2) is 0 Å². The summed E-state index contributed by atoms with van der Waals surface area (Å²) in [6.07, 6.45) is 21.1. The molecule has 3 rings (SSSR count). The first kappa shape index (κ1) is 86.0. The smallest absolute Gasteiger partial charge is 0.364 e. The SMILES string of the molecule is CCCCCCCCCCCCCCCCCCCCCCCCCCCC(=O)NC(COC1OC(CO)C(OC2OC(CO)C(O)C(OC3(C(=O)O)CC(O)C(NC(C)=O)C(C(O)C(O)CO)O3)C2O)C(O)C1O)C(O)CCCCCCCCCCCCCCCCC. The molecule has 23 nitrogen and oxygen atoms in total. The predicted molar refractivity (Wildman–Crippen MR) is 357 cm³/mol. The molecular formula is C71H134N2O21. The van der Waals surface area contributed by atoms with Gasteiger partial charge in [-0.3, -0.25) is 9.59 Å². The molecule has 0 aromatic heterocycles. The number of hydrogen-bond acceptors (Lipinski definition) is 20. The molecule has 0 bridgehead atoms. The van der Waals surface area contributed by atoms with E-state index in [1.807, 2.05) is 0 Å². The Labute approximate surface area is 563 Å². The molecule has 3 aliphatic heterocycles. The van der Waals surface area contributed by atoms with Crippen molar-refractivity contribution in [3.05, 3.63) is 0 Å². The van der Waals surface area contributed by atoms with Gasteiger partial charge < -0.3 is 100 Å². The Morgan fingerprint density at radius 1 is 0.511 bits per heavy atom. The van der Waals surface area contributed by atoms with E-state index >= 15 is 0 Å². The Hall–Kier alpha value is -2.27. The van der Waals surface area contributed by atoms with Crippen molar-refractivity contribution in [2.45, 2.75) is 407 Å². The Kier molecular flexibility index (Phi) is 47.4. The van der Waals surface area contributed by atoms with E-state index in [0.29, 0.717) is 19.3 Å². The van der Waals surface area contributed by atoms with Crippen molar-refractivity contribution >= 4 is 17.8 Å². The van der Waals surface area contributed by atoms with Gasteiger partial charge in [0.1, 0.15) is 67.1 Å². The number of ether oxygens (including phenoxy) is 6. The van der Waals surface area contributed by atoms with Gasteiger partial charge in [-0.1, -0.05) is 264 Å². The molecule has 18 atom stereocenters. The van der Waals surface area contributed by atoms with Crippen molar-refractivity contribution in [3.8, 4) is 0 Å². The number of rotatable bonds is 58. The number of nitrogens with one attached hydrogen (secondary N) is 2. The minimum Gasteiger partial charge on any atom is -0.477 e. The van der Waals surface area contributed by atoms with Crippen LogP contribution in [0.25, 0.3) is 0 Å². The number of aliphatic hydroxyl groups excluding tert-OH is 11. The first-order chi connectivity index (χ1) is 45.4. The zero-order valence-electron chi connectivity index (χ0n) is 58.1. The number of hydrogen-bond donors (Lipinski definition) is 14. The zero-order valence-corrected chi connectivity index (χ0v) is 58.1. The molecule has 23 heteroatoms. The highest BCUT2D eigenvalue weighted by molar-refractivity contribution is 5.77. The largest absolute Gasteiger partial charge is 0.477 e. The molecule has 0 spiro atoms. The monoisotopic (exact) mass is 1350 g/mol. The molecule has 0 radical (unpaired) electrons. The first-order valence-corrected chi connectivity index (χ1v) is 37.4. The molecule has 0 aliphatic carbocycles. The maximum Gasteiger partial charge on any atom is 0.364 e. The summed E-state index contributed by atoms with van der Waals surface area (Å²) in [5, 5.41) is 136. The van der Waals surface area contributed by atoms with Crippen LogP contribution < -0.4 is 10.6 Å². The standard InChI is InChI=1S/C71H134N2O21/c1-4-6-8-10-12-14-16-18-20-21-22-23-24-25-26-27-28-29-31-33-35-37-39-41-43-45-58(81)73-52(53(78)44-42-40-38-36-34-32-30-19-17-15-13-11-9-7-5-2)50-89-68-63(85)62(84)65(57(49-76)91-68)92-69-64(86)67(61(83)56(48-75)90-69)94-71(70(87)88)46-54(79)59(72-51(3)77)66(93-71)60(82)55(80)47-74/h52-57,59-69,74-76,78-80,82-86H,4-50H2,1-3H3,(H,72,77)(H,73,81)(H,87,88). The number of carbonyl (C=O) groups is 3. The number of carbonyl (C=O) groups excluding carboxylic acids is 2. The molecule has 0 saturated carbocycles. The van der Waals surface area contributed by atoms with Crippen LogP contribution in [0.5, 0.6) is 0 Å². The lowest BCUT2D eigenvalue weighted by atomic mass is 9.88. The second-order valence-electron chi connectivity index (χ2n) is 27.5. The zero-order chi connectivity index (χ0) is 68.9. The van der Waals surface area contributed by atoms with Crippen LogP contribution in [-0.2, 0) is 42.8 Å².